The zero-order chi connectivity index (χ0) is 16.9. The van der Waals surface area contributed by atoms with E-state index in [2.05, 4.69) is 55.6 Å². The van der Waals surface area contributed by atoms with Crippen LogP contribution in [0.2, 0.25) is 0 Å². The van der Waals surface area contributed by atoms with Gasteiger partial charge in [-0.1, -0.05) is 36.4 Å². The van der Waals surface area contributed by atoms with E-state index in [1.807, 2.05) is 49.4 Å². The van der Waals surface area contributed by atoms with Gasteiger partial charge in [0.25, 0.3) is 0 Å². The molecule has 2 N–H and O–H groups in total. The first-order valence-electron chi connectivity index (χ1n) is 7.77. The minimum absolute atomic E-state index is 0.618. The Morgan fingerprint density at radius 2 is 1.71 bits per heavy atom. The molecule has 0 amide bonds. The first-order chi connectivity index (χ1) is 11.6. The van der Waals surface area contributed by atoms with Gasteiger partial charge in [-0.2, -0.15) is 4.98 Å². The molecule has 3 aromatic rings. The summed E-state index contributed by atoms with van der Waals surface area (Å²) >= 11 is 3.54. The summed E-state index contributed by atoms with van der Waals surface area (Å²) < 4.78 is 0.996. The molecule has 0 saturated heterocycles. The summed E-state index contributed by atoms with van der Waals surface area (Å²) in [5.41, 5.74) is 4.37. The van der Waals surface area contributed by atoms with E-state index < -0.39 is 0 Å². The third kappa shape index (κ3) is 4.11. The maximum absolute atomic E-state index is 4.56. The van der Waals surface area contributed by atoms with Gasteiger partial charge in [0.2, 0.25) is 5.95 Å². The molecule has 0 radical (unpaired) electrons. The molecule has 24 heavy (non-hydrogen) atoms. The molecule has 0 aliphatic rings. The van der Waals surface area contributed by atoms with Gasteiger partial charge in [0.15, 0.2) is 0 Å². The lowest BCUT2D eigenvalue weighted by molar-refractivity contribution is 1.02. The van der Waals surface area contributed by atoms with E-state index in [0.717, 1.165) is 21.7 Å². The number of para-hydroxylation sites is 1. The summed E-state index contributed by atoms with van der Waals surface area (Å²) in [7, 11) is 0. The van der Waals surface area contributed by atoms with E-state index in [9.17, 15) is 0 Å². The predicted octanol–water partition coefficient (Wildman–Crippen LogP) is 5.21. The Morgan fingerprint density at radius 3 is 2.50 bits per heavy atom. The van der Waals surface area contributed by atoms with Crippen LogP contribution in [0.1, 0.15) is 16.8 Å². The van der Waals surface area contributed by atoms with Crippen molar-refractivity contribution in [2.45, 2.75) is 20.4 Å². The van der Waals surface area contributed by atoms with Crippen LogP contribution in [0.25, 0.3) is 0 Å². The number of aryl methyl sites for hydroxylation is 2. The van der Waals surface area contributed by atoms with Crippen LogP contribution in [-0.4, -0.2) is 9.97 Å². The molecule has 0 unspecified atom stereocenters. The molecule has 0 atom stereocenters. The molecule has 0 saturated carbocycles. The molecule has 3 rings (SSSR count). The fraction of sp³-hybridized carbons (Fsp3) is 0.158. The fourth-order valence-electron chi connectivity index (χ4n) is 2.39. The standard InChI is InChI=1S/C19H19BrN4/c1-13-7-3-4-8-15(13)12-21-19-22-14(2)11-18(24-19)23-17-10-6-5-9-16(17)20/h3-11H,12H2,1-2H3,(H2,21,22,23,24). The molecular formula is C19H19BrN4. The van der Waals surface area contributed by atoms with Crippen LogP contribution in [0.5, 0.6) is 0 Å². The van der Waals surface area contributed by atoms with Crippen molar-refractivity contribution in [3.63, 3.8) is 0 Å². The van der Waals surface area contributed by atoms with Crippen LogP contribution < -0.4 is 10.6 Å². The molecule has 122 valence electrons. The number of aromatic nitrogens is 2. The average Bonchev–Trinajstić information content (AvgIpc) is 2.56. The van der Waals surface area contributed by atoms with Crippen molar-refractivity contribution in [2.24, 2.45) is 0 Å². The number of halogens is 1. The van der Waals surface area contributed by atoms with Crippen molar-refractivity contribution in [3.05, 3.63) is 75.9 Å². The first kappa shape index (κ1) is 16.5. The quantitative estimate of drug-likeness (QED) is 0.635. The van der Waals surface area contributed by atoms with Crippen LogP contribution >= 0.6 is 15.9 Å². The molecule has 1 heterocycles. The van der Waals surface area contributed by atoms with E-state index in [1.165, 1.54) is 11.1 Å². The maximum atomic E-state index is 4.56. The molecule has 0 aliphatic carbocycles. The van der Waals surface area contributed by atoms with Crippen molar-refractivity contribution in [2.75, 3.05) is 10.6 Å². The Hall–Kier alpha value is -2.40. The molecule has 4 nitrogen and oxygen atoms in total. The molecular weight excluding hydrogens is 364 g/mol. The topological polar surface area (TPSA) is 49.8 Å². The Bertz CT molecular complexity index is 848. The highest BCUT2D eigenvalue weighted by molar-refractivity contribution is 9.10. The number of rotatable bonds is 5. The number of hydrogen-bond donors (Lipinski definition) is 2. The zero-order valence-electron chi connectivity index (χ0n) is 13.7. The predicted molar refractivity (Wildman–Crippen MR) is 103 cm³/mol. The lowest BCUT2D eigenvalue weighted by Crippen LogP contribution is -2.07. The fourth-order valence-corrected chi connectivity index (χ4v) is 2.78. The monoisotopic (exact) mass is 382 g/mol. The number of nitrogens with one attached hydrogen (secondary N) is 2. The molecule has 1 aromatic heterocycles. The van der Waals surface area contributed by atoms with Crippen LogP contribution in [0.15, 0.2) is 59.1 Å². The van der Waals surface area contributed by atoms with E-state index in [-0.39, 0.29) is 0 Å². The number of benzene rings is 2. The summed E-state index contributed by atoms with van der Waals surface area (Å²) in [6.45, 7) is 4.77. The normalized spacial score (nSPS) is 10.5. The van der Waals surface area contributed by atoms with E-state index in [0.29, 0.717) is 12.5 Å². The molecule has 0 fully saturated rings. The summed E-state index contributed by atoms with van der Waals surface area (Å²) in [4.78, 5) is 9.03. The van der Waals surface area contributed by atoms with Gasteiger partial charge in [-0.25, -0.2) is 4.98 Å². The SMILES string of the molecule is Cc1cc(Nc2ccccc2Br)nc(NCc2ccccc2C)n1. The molecule has 0 aliphatic heterocycles. The molecule has 0 bridgehead atoms. The first-order valence-corrected chi connectivity index (χ1v) is 8.57. The van der Waals surface area contributed by atoms with Crippen LogP contribution in [0, 0.1) is 13.8 Å². The average molecular weight is 383 g/mol. The number of nitrogens with zero attached hydrogens (tertiary/aromatic N) is 2. The van der Waals surface area contributed by atoms with Gasteiger partial charge in [0.1, 0.15) is 5.82 Å². The number of hydrogen-bond acceptors (Lipinski definition) is 4. The Morgan fingerprint density at radius 1 is 0.958 bits per heavy atom. The highest BCUT2D eigenvalue weighted by atomic mass is 79.9. The molecule has 0 spiro atoms. The third-order valence-electron chi connectivity index (χ3n) is 3.69. The van der Waals surface area contributed by atoms with Crippen LogP contribution in [0.3, 0.4) is 0 Å². The van der Waals surface area contributed by atoms with Gasteiger partial charge in [-0.05, 0) is 53.0 Å². The van der Waals surface area contributed by atoms with Gasteiger partial charge in [0, 0.05) is 22.8 Å². The minimum atomic E-state index is 0.618. The van der Waals surface area contributed by atoms with Gasteiger partial charge < -0.3 is 10.6 Å². The second kappa shape index (κ2) is 7.45. The number of anilines is 3. The van der Waals surface area contributed by atoms with E-state index >= 15 is 0 Å². The maximum Gasteiger partial charge on any atom is 0.225 e. The van der Waals surface area contributed by atoms with Crippen molar-refractivity contribution in [1.82, 2.24) is 9.97 Å². The van der Waals surface area contributed by atoms with Gasteiger partial charge >= 0.3 is 0 Å². The van der Waals surface area contributed by atoms with E-state index in [4.69, 9.17) is 0 Å². The molecule has 2 aromatic carbocycles. The highest BCUT2D eigenvalue weighted by Gasteiger charge is 2.05. The van der Waals surface area contributed by atoms with E-state index in [1.54, 1.807) is 0 Å². The lowest BCUT2D eigenvalue weighted by Gasteiger charge is -2.12. The summed E-state index contributed by atoms with van der Waals surface area (Å²) in [6, 6.07) is 18.2. The van der Waals surface area contributed by atoms with Crippen LogP contribution in [0.4, 0.5) is 17.5 Å². The Kier molecular flexibility index (Phi) is 5.11. The Labute approximate surface area is 150 Å². The second-order valence-electron chi connectivity index (χ2n) is 5.60. The van der Waals surface area contributed by atoms with Crippen molar-refractivity contribution < 1.29 is 0 Å². The summed E-state index contributed by atoms with van der Waals surface area (Å²) in [6.07, 6.45) is 0. The van der Waals surface area contributed by atoms with Gasteiger partial charge in [0.05, 0.1) is 5.69 Å². The van der Waals surface area contributed by atoms with Crippen molar-refractivity contribution in [3.8, 4) is 0 Å². The minimum Gasteiger partial charge on any atom is -0.350 e. The van der Waals surface area contributed by atoms with Gasteiger partial charge in [-0.15, -0.1) is 0 Å². The summed E-state index contributed by atoms with van der Waals surface area (Å²) in [5.74, 6) is 1.38. The molecule has 5 heteroatoms. The lowest BCUT2D eigenvalue weighted by atomic mass is 10.1. The Balaban J connectivity index is 1.77. The third-order valence-corrected chi connectivity index (χ3v) is 4.38. The zero-order valence-corrected chi connectivity index (χ0v) is 15.3. The largest absolute Gasteiger partial charge is 0.350 e. The van der Waals surface area contributed by atoms with Crippen LogP contribution in [-0.2, 0) is 6.54 Å². The second-order valence-corrected chi connectivity index (χ2v) is 6.46. The van der Waals surface area contributed by atoms with Crippen molar-refractivity contribution >= 4 is 33.4 Å². The van der Waals surface area contributed by atoms with Gasteiger partial charge in [-0.3, -0.25) is 0 Å². The smallest absolute Gasteiger partial charge is 0.225 e. The highest BCUT2D eigenvalue weighted by Crippen LogP contribution is 2.25. The van der Waals surface area contributed by atoms with Crippen molar-refractivity contribution in [1.29, 1.82) is 0 Å². The summed E-state index contributed by atoms with van der Waals surface area (Å²) in [5, 5.41) is 6.63.